The first-order valence-electron chi connectivity index (χ1n) is 6.22. The minimum Gasteiger partial charge on any atom is -0.469 e. The number of aryl methyl sites for hydroxylation is 1. The van der Waals surface area contributed by atoms with Crippen LogP contribution >= 0.6 is 0 Å². The van der Waals surface area contributed by atoms with Gasteiger partial charge in [0.1, 0.15) is 5.76 Å². The number of likely N-dealkylation sites (tertiary alicyclic amines) is 1. The predicted molar refractivity (Wildman–Crippen MR) is 67.7 cm³/mol. The Kier molecular flexibility index (Phi) is 2.98. The molecule has 3 heterocycles. The Morgan fingerprint density at radius 1 is 1.58 bits per heavy atom. The van der Waals surface area contributed by atoms with Crippen LogP contribution in [0.25, 0.3) is 0 Å². The molecule has 3 rings (SSSR count). The van der Waals surface area contributed by atoms with Crippen molar-refractivity contribution in [1.29, 1.82) is 0 Å². The fourth-order valence-corrected chi connectivity index (χ4v) is 2.18. The molecule has 2 amide bonds. The van der Waals surface area contributed by atoms with E-state index in [2.05, 4.69) is 10.5 Å². The molecule has 6 nitrogen and oxygen atoms in total. The molecule has 0 aliphatic carbocycles. The highest BCUT2D eigenvalue weighted by atomic mass is 16.5. The average molecular weight is 261 g/mol. The van der Waals surface area contributed by atoms with Crippen molar-refractivity contribution in [2.75, 3.05) is 18.4 Å². The summed E-state index contributed by atoms with van der Waals surface area (Å²) in [6, 6.07) is 5.38. The summed E-state index contributed by atoms with van der Waals surface area (Å²) in [7, 11) is 0. The van der Waals surface area contributed by atoms with Gasteiger partial charge in [-0.3, -0.25) is 5.32 Å². The number of hydrogen-bond acceptors (Lipinski definition) is 4. The molecule has 2 aromatic rings. The van der Waals surface area contributed by atoms with E-state index < -0.39 is 0 Å². The Hall–Kier alpha value is -2.24. The van der Waals surface area contributed by atoms with Crippen LogP contribution < -0.4 is 5.32 Å². The molecular formula is C13H15N3O3. The second kappa shape index (κ2) is 4.79. The fraction of sp³-hybridized carbons (Fsp3) is 0.385. The molecule has 1 aliphatic rings. The van der Waals surface area contributed by atoms with Crippen LogP contribution in [0.4, 0.5) is 10.7 Å². The number of rotatable bonds is 3. The topological polar surface area (TPSA) is 71.5 Å². The summed E-state index contributed by atoms with van der Waals surface area (Å²) in [5.74, 6) is 1.82. The summed E-state index contributed by atoms with van der Waals surface area (Å²) in [5, 5.41) is 6.40. The van der Waals surface area contributed by atoms with Crippen molar-refractivity contribution < 1.29 is 13.7 Å². The van der Waals surface area contributed by atoms with Crippen LogP contribution in [-0.2, 0) is 6.42 Å². The van der Waals surface area contributed by atoms with E-state index in [0.717, 1.165) is 31.0 Å². The van der Waals surface area contributed by atoms with Crippen LogP contribution in [0, 0.1) is 12.8 Å². The van der Waals surface area contributed by atoms with Gasteiger partial charge in [-0.05, 0) is 19.1 Å². The van der Waals surface area contributed by atoms with E-state index in [1.54, 1.807) is 17.2 Å². The highest BCUT2D eigenvalue weighted by molar-refractivity contribution is 5.88. The van der Waals surface area contributed by atoms with Crippen LogP contribution in [0.5, 0.6) is 0 Å². The third-order valence-electron chi connectivity index (χ3n) is 3.17. The molecule has 6 heteroatoms. The van der Waals surface area contributed by atoms with Gasteiger partial charge in [0, 0.05) is 31.5 Å². The second-order valence-electron chi connectivity index (χ2n) is 4.82. The van der Waals surface area contributed by atoms with Gasteiger partial charge in [-0.25, -0.2) is 4.79 Å². The molecule has 0 bridgehead atoms. The van der Waals surface area contributed by atoms with Gasteiger partial charge < -0.3 is 13.8 Å². The Labute approximate surface area is 110 Å². The maximum Gasteiger partial charge on any atom is 0.324 e. The molecule has 2 aromatic heterocycles. The van der Waals surface area contributed by atoms with Gasteiger partial charge >= 0.3 is 6.03 Å². The molecule has 0 atom stereocenters. The number of nitrogens with zero attached hydrogens (tertiary/aromatic N) is 2. The van der Waals surface area contributed by atoms with Gasteiger partial charge in [0.05, 0.1) is 12.0 Å². The number of amides is 2. The van der Waals surface area contributed by atoms with Crippen molar-refractivity contribution in [3.63, 3.8) is 0 Å². The predicted octanol–water partition coefficient (Wildman–Crippen LogP) is 2.28. The van der Waals surface area contributed by atoms with Crippen molar-refractivity contribution in [3.8, 4) is 0 Å². The first-order chi connectivity index (χ1) is 9.20. The number of carbonyl (C=O) groups is 1. The average Bonchev–Trinajstić information content (AvgIpc) is 2.94. The van der Waals surface area contributed by atoms with Gasteiger partial charge in [0.2, 0.25) is 5.88 Å². The van der Waals surface area contributed by atoms with Crippen molar-refractivity contribution in [2.45, 2.75) is 13.3 Å². The van der Waals surface area contributed by atoms with Crippen molar-refractivity contribution in [2.24, 2.45) is 5.92 Å². The summed E-state index contributed by atoms with van der Waals surface area (Å²) in [6.07, 6.45) is 2.54. The summed E-state index contributed by atoms with van der Waals surface area (Å²) in [5.41, 5.74) is 0.745. The number of nitrogens with one attached hydrogen (secondary N) is 1. The van der Waals surface area contributed by atoms with Gasteiger partial charge in [-0.15, -0.1) is 0 Å². The minimum absolute atomic E-state index is 0.146. The monoisotopic (exact) mass is 261 g/mol. The van der Waals surface area contributed by atoms with Crippen LogP contribution in [0.1, 0.15) is 11.5 Å². The zero-order chi connectivity index (χ0) is 13.2. The highest BCUT2D eigenvalue weighted by Crippen LogP contribution is 2.21. The van der Waals surface area contributed by atoms with E-state index in [1.165, 1.54) is 0 Å². The summed E-state index contributed by atoms with van der Waals surface area (Å²) in [6.45, 7) is 3.28. The van der Waals surface area contributed by atoms with Crippen LogP contribution in [0.15, 0.2) is 33.4 Å². The summed E-state index contributed by atoms with van der Waals surface area (Å²) in [4.78, 5) is 13.6. The van der Waals surface area contributed by atoms with Gasteiger partial charge in [-0.1, -0.05) is 5.16 Å². The molecule has 1 N–H and O–H groups in total. The first-order valence-corrected chi connectivity index (χ1v) is 6.22. The Balaban J connectivity index is 1.46. The first kappa shape index (κ1) is 11.8. The molecule has 0 saturated carbocycles. The summed E-state index contributed by atoms with van der Waals surface area (Å²) < 4.78 is 10.2. The lowest BCUT2D eigenvalue weighted by atomic mass is 9.95. The maximum absolute atomic E-state index is 11.9. The van der Waals surface area contributed by atoms with Crippen molar-refractivity contribution in [3.05, 3.63) is 35.9 Å². The number of carbonyl (C=O) groups excluding carboxylic acids is 1. The molecule has 0 aromatic carbocycles. The minimum atomic E-state index is -0.146. The Morgan fingerprint density at radius 2 is 2.42 bits per heavy atom. The van der Waals surface area contributed by atoms with E-state index in [9.17, 15) is 4.79 Å². The molecule has 0 spiro atoms. The van der Waals surface area contributed by atoms with E-state index >= 15 is 0 Å². The normalized spacial score (nSPS) is 15.3. The Morgan fingerprint density at radius 3 is 3.05 bits per heavy atom. The van der Waals surface area contributed by atoms with Crippen LogP contribution in [-0.4, -0.2) is 29.2 Å². The summed E-state index contributed by atoms with van der Waals surface area (Å²) >= 11 is 0. The molecule has 0 radical (unpaired) electrons. The lowest BCUT2D eigenvalue weighted by Gasteiger charge is -2.38. The number of aromatic nitrogens is 1. The number of anilines is 1. The zero-order valence-corrected chi connectivity index (χ0v) is 10.6. The Bertz CT molecular complexity index is 555. The fourth-order valence-electron chi connectivity index (χ4n) is 2.18. The maximum atomic E-state index is 11.9. The lowest BCUT2D eigenvalue weighted by Crippen LogP contribution is -2.52. The number of furan rings is 1. The second-order valence-corrected chi connectivity index (χ2v) is 4.82. The van der Waals surface area contributed by atoms with Crippen LogP contribution in [0.3, 0.4) is 0 Å². The molecule has 0 unspecified atom stereocenters. The number of urea groups is 1. The van der Waals surface area contributed by atoms with Crippen molar-refractivity contribution >= 4 is 11.9 Å². The lowest BCUT2D eigenvalue weighted by molar-refractivity contribution is 0.127. The molecule has 19 heavy (non-hydrogen) atoms. The zero-order valence-electron chi connectivity index (χ0n) is 10.6. The molecule has 1 aliphatic heterocycles. The molecule has 100 valence electrons. The van der Waals surface area contributed by atoms with E-state index in [1.807, 2.05) is 19.1 Å². The van der Waals surface area contributed by atoms with E-state index in [-0.39, 0.29) is 6.03 Å². The van der Waals surface area contributed by atoms with Crippen molar-refractivity contribution in [1.82, 2.24) is 10.1 Å². The quantitative estimate of drug-likeness (QED) is 0.920. The smallest absolute Gasteiger partial charge is 0.324 e. The highest BCUT2D eigenvalue weighted by Gasteiger charge is 2.31. The molecule has 1 fully saturated rings. The third kappa shape index (κ3) is 2.62. The van der Waals surface area contributed by atoms with Gasteiger partial charge in [0.25, 0.3) is 0 Å². The van der Waals surface area contributed by atoms with Gasteiger partial charge in [0.15, 0.2) is 0 Å². The van der Waals surface area contributed by atoms with Crippen LogP contribution in [0.2, 0.25) is 0 Å². The van der Waals surface area contributed by atoms with E-state index in [4.69, 9.17) is 8.94 Å². The molecular weight excluding hydrogens is 246 g/mol. The largest absolute Gasteiger partial charge is 0.469 e. The SMILES string of the molecule is Cc1cc(NC(=O)N2CC(Cc3ccco3)C2)on1. The third-order valence-corrected chi connectivity index (χ3v) is 3.17. The number of hydrogen-bond donors (Lipinski definition) is 1. The van der Waals surface area contributed by atoms with E-state index in [0.29, 0.717) is 11.8 Å². The standard InChI is InChI=1S/C13H15N3O3/c1-9-5-12(19-15-9)14-13(17)16-7-10(8-16)6-11-3-2-4-18-11/h2-5,10H,6-8H2,1H3,(H,14,17). The van der Waals surface area contributed by atoms with Gasteiger partial charge in [-0.2, -0.15) is 0 Å². The molecule has 1 saturated heterocycles.